The Bertz CT molecular complexity index is 431. The Morgan fingerprint density at radius 1 is 1.50 bits per heavy atom. The Hall–Kier alpha value is -0.880. The highest BCUT2D eigenvalue weighted by molar-refractivity contribution is 9.10. The molecule has 1 N–H and O–H groups in total. The molecule has 1 aromatic rings. The number of hydrogen-bond acceptors (Lipinski definition) is 3. The van der Waals surface area contributed by atoms with Crippen molar-refractivity contribution in [3.05, 3.63) is 20.8 Å². The lowest BCUT2D eigenvalue weighted by Gasteiger charge is -2.23. The van der Waals surface area contributed by atoms with Crippen molar-refractivity contribution in [2.45, 2.75) is 20.3 Å². The molecule has 0 spiro atoms. The standard InChI is InChI=1S/C12H16BrNO3S/c1-8(2)6-14(4-3-11(15)16)12(17)10-5-9(13)7-18-10/h5,7-8H,3-4,6H2,1-2H3,(H,15,16). The first-order valence-corrected chi connectivity index (χ1v) is 7.32. The lowest BCUT2D eigenvalue weighted by Crippen LogP contribution is -2.35. The average Bonchev–Trinajstić information content (AvgIpc) is 2.69. The summed E-state index contributed by atoms with van der Waals surface area (Å²) in [6.07, 6.45) is -0.0228. The summed E-state index contributed by atoms with van der Waals surface area (Å²) in [5.74, 6) is -0.671. The van der Waals surface area contributed by atoms with Gasteiger partial charge in [-0.2, -0.15) is 0 Å². The number of hydrogen-bond donors (Lipinski definition) is 1. The van der Waals surface area contributed by atoms with Crippen LogP contribution >= 0.6 is 27.3 Å². The Morgan fingerprint density at radius 2 is 2.17 bits per heavy atom. The molecule has 4 nitrogen and oxygen atoms in total. The molecule has 0 saturated carbocycles. The molecule has 0 aromatic carbocycles. The van der Waals surface area contributed by atoms with Crippen molar-refractivity contribution >= 4 is 39.1 Å². The van der Waals surface area contributed by atoms with Crippen LogP contribution in [0.1, 0.15) is 29.9 Å². The average molecular weight is 334 g/mol. The van der Waals surface area contributed by atoms with Crippen molar-refractivity contribution < 1.29 is 14.7 Å². The second-order valence-electron chi connectivity index (χ2n) is 4.42. The molecule has 0 fully saturated rings. The van der Waals surface area contributed by atoms with Gasteiger partial charge in [-0.05, 0) is 27.9 Å². The Labute approximate surface area is 119 Å². The van der Waals surface area contributed by atoms with E-state index >= 15 is 0 Å². The van der Waals surface area contributed by atoms with Gasteiger partial charge in [0.1, 0.15) is 0 Å². The number of carboxylic acids is 1. The molecule has 0 saturated heterocycles. The van der Waals surface area contributed by atoms with Crippen LogP contribution in [0.15, 0.2) is 15.9 Å². The van der Waals surface area contributed by atoms with E-state index in [2.05, 4.69) is 15.9 Å². The lowest BCUT2D eigenvalue weighted by molar-refractivity contribution is -0.137. The number of amides is 1. The van der Waals surface area contributed by atoms with Gasteiger partial charge >= 0.3 is 5.97 Å². The van der Waals surface area contributed by atoms with Gasteiger partial charge in [0.15, 0.2) is 0 Å². The number of rotatable bonds is 6. The monoisotopic (exact) mass is 333 g/mol. The Kier molecular flexibility index (Phi) is 5.81. The van der Waals surface area contributed by atoms with Crippen molar-refractivity contribution in [2.75, 3.05) is 13.1 Å². The quantitative estimate of drug-likeness (QED) is 0.870. The fraction of sp³-hybridized carbons (Fsp3) is 0.500. The number of thiophene rings is 1. The predicted molar refractivity (Wildman–Crippen MR) is 75.0 cm³/mol. The summed E-state index contributed by atoms with van der Waals surface area (Å²) in [5.41, 5.74) is 0. The topological polar surface area (TPSA) is 57.6 Å². The summed E-state index contributed by atoms with van der Waals surface area (Å²) >= 11 is 4.67. The summed E-state index contributed by atoms with van der Waals surface area (Å²) in [7, 11) is 0. The first-order chi connectivity index (χ1) is 8.40. The largest absolute Gasteiger partial charge is 0.481 e. The molecule has 0 bridgehead atoms. The minimum absolute atomic E-state index is 0.0228. The summed E-state index contributed by atoms with van der Waals surface area (Å²) in [4.78, 5) is 25.1. The highest BCUT2D eigenvalue weighted by atomic mass is 79.9. The van der Waals surface area contributed by atoms with Crippen LogP contribution in [0.25, 0.3) is 0 Å². The number of halogens is 1. The van der Waals surface area contributed by atoms with E-state index in [0.717, 1.165) is 4.47 Å². The van der Waals surface area contributed by atoms with Crippen LogP contribution < -0.4 is 0 Å². The van der Waals surface area contributed by atoms with E-state index in [9.17, 15) is 9.59 Å². The van der Waals surface area contributed by atoms with E-state index in [1.54, 1.807) is 11.0 Å². The fourth-order valence-corrected chi connectivity index (χ4v) is 2.92. The third-order valence-corrected chi connectivity index (χ3v) is 3.93. The maximum Gasteiger partial charge on any atom is 0.305 e. The molecule has 1 amide bonds. The zero-order chi connectivity index (χ0) is 13.7. The van der Waals surface area contributed by atoms with Crippen LogP contribution in [0.3, 0.4) is 0 Å². The number of aliphatic carboxylic acids is 1. The molecule has 100 valence electrons. The van der Waals surface area contributed by atoms with Gasteiger partial charge in [0.2, 0.25) is 0 Å². The van der Waals surface area contributed by atoms with E-state index in [4.69, 9.17) is 5.11 Å². The minimum atomic E-state index is -0.885. The van der Waals surface area contributed by atoms with Gasteiger partial charge in [-0.3, -0.25) is 9.59 Å². The van der Waals surface area contributed by atoms with Crippen molar-refractivity contribution in [3.8, 4) is 0 Å². The molecule has 1 heterocycles. The van der Waals surface area contributed by atoms with E-state index in [1.165, 1.54) is 11.3 Å². The molecular weight excluding hydrogens is 318 g/mol. The number of carbonyl (C=O) groups is 2. The van der Waals surface area contributed by atoms with Gasteiger partial charge in [-0.1, -0.05) is 13.8 Å². The fourth-order valence-electron chi connectivity index (χ4n) is 1.53. The van der Waals surface area contributed by atoms with Gasteiger partial charge in [0.05, 0.1) is 11.3 Å². The lowest BCUT2D eigenvalue weighted by atomic mass is 10.2. The van der Waals surface area contributed by atoms with E-state index in [1.807, 2.05) is 19.2 Å². The van der Waals surface area contributed by atoms with Crippen LogP contribution in [0, 0.1) is 5.92 Å². The zero-order valence-corrected chi connectivity index (χ0v) is 12.8. The first-order valence-electron chi connectivity index (χ1n) is 5.65. The molecule has 6 heteroatoms. The summed E-state index contributed by atoms with van der Waals surface area (Å²) in [6, 6.07) is 1.76. The van der Waals surface area contributed by atoms with E-state index in [0.29, 0.717) is 17.3 Å². The second-order valence-corrected chi connectivity index (χ2v) is 6.24. The van der Waals surface area contributed by atoms with Crippen LogP contribution in [0.4, 0.5) is 0 Å². The first kappa shape index (κ1) is 15.2. The summed E-state index contributed by atoms with van der Waals surface area (Å²) in [5, 5.41) is 10.6. The van der Waals surface area contributed by atoms with Crippen molar-refractivity contribution in [2.24, 2.45) is 5.92 Å². The van der Waals surface area contributed by atoms with Crippen molar-refractivity contribution in [1.29, 1.82) is 0 Å². The highest BCUT2D eigenvalue weighted by Crippen LogP contribution is 2.21. The molecule has 0 aliphatic heterocycles. The molecule has 0 atom stereocenters. The zero-order valence-electron chi connectivity index (χ0n) is 10.4. The molecule has 0 unspecified atom stereocenters. The minimum Gasteiger partial charge on any atom is -0.481 e. The van der Waals surface area contributed by atoms with Crippen molar-refractivity contribution in [1.82, 2.24) is 4.90 Å². The number of nitrogens with zero attached hydrogens (tertiary/aromatic N) is 1. The summed E-state index contributed by atoms with van der Waals surface area (Å²) < 4.78 is 0.874. The molecule has 1 rings (SSSR count). The van der Waals surface area contributed by atoms with E-state index < -0.39 is 5.97 Å². The van der Waals surface area contributed by atoms with Crippen LogP contribution in [-0.4, -0.2) is 35.0 Å². The van der Waals surface area contributed by atoms with Crippen LogP contribution in [-0.2, 0) is 4.79 Å². The molecule has 0 aliphatic rings. The second kappa shape index (κ2) is 6.89. The summed E-state index contributed by atoms with van der Waals surface area (Å²) in [6.45, 7) is 4.83. The maximum absolute atomic E-state index is 12.2. The highest BCUT2D eigenvalue weighted by Gasteiger charge is 2.19. The van der Waals surface area contributed by atoms with Crippen LogP contribution in [0.2, 0.25) is 0 Å². The van der Waals surface area contributed by atoms with Crippen molar-refractivity contribution in [3.63, 3.8) is 0 Å². The van der Waals surface area contributed by atoms with Crippen LogP contribution in [0.5, 0.6) is 0 Å². The van der Waals surface area contributed by atoms with Gasteiger partial charge in [-0.15, -0.1) is 11.3 Å². The normalized spacial score (nSPS) is 10.7. The molecule has 0 aliphatic carbocycles. The number of carbonyl (C=O) groups excluding carboxylic acids is 1. The molecule has 0 radical (unpaired) electrons. The molecule has 1 aromatic heterocycles. The predicted octanol–water partition coefficient (Wildman–Crippen LogP) is 3.08. The van der Waals surface area contributed by atoms with Gasteiger partial charge < -0.3 is 10.0 Å². The van der Waals surface area contributed by atoms with Gasteiger partial charge in [-0.25, -0.2) is 0 Å². The SMILES string of the molecule is CC(C)CN(CCC(=O)O)C(=O)c1cc(Br)cs1. The Balaban J connectivity index is 2.75. The molecule has 18 heavy (non-hydrogen) atoms. The number of carboxylic acid groups (broad SMARTS) is 1. The Morgan fingerprint density at radius 3 is 2.61 bits per heavy atom. The molecular formula is C12H16BrNO3S. The third-order valence-electron chi connectivity index (χ3n) is 2.25. The van der Waals surface area contributed by atoms with Gasteiger partial charge in [0, 0.05) is 22.9 Å². The van der Waals surface area contributed by atoms with E-state index in [-0.39, 0.29) is 18.9 Å². The van der Waals surface area contributed by atoms with Gasteiger partial charge in [0.25, 0.3) is 5.91 Å². The third kappa shape index (κ3) is 4.78. The maximum atomic E-state index is 12.2. The smallest absolute Gasteiger partial charge is 0.305 e.